The number of urea groups is 1. The lowest BCUT2D eigenvalue weighted by molar-refractivity contribution is -0.157. The molecule has 2 N–H and O–H groups in total. The molecule has 2 rings (SSSR count). The number of carbonyl (C=O) groups excluding carboxylic acids is 3. The molecule has 1 saturated heterocycles. The molecule has 10 heteroatoms. The number of rotatable bonds is 7. The van der Waals surface area contributed by atoms with E-state index in [4.69, 9.17) is 4.74 Å². The maximum atomic E-state index is 12.4. The quantitative estimate of drug-likeness (QED) is 0.645. The monoisotopic (exact) mass is 397 g/mol. The van der Waals surface area contributed by atoms with Crippen LogP contribution >= 0.6 is 0 Å². The number of hydrogen-bond acceptors (Lipinski definition) is 6. The molecule has 0 bridgehead atoms. The van der Waals surface area contributed by atoms with Crippen LogP contribution in [0.3, 0.4) is 0 Å². The Labute approximate surface area is 158 Å². The van der Waals surface area contributed by atoms with Crippen molar-refractivity contribution in [1.82, 2.24) is 14.9 Å². The number of carbonyl (C=O) groups is 3. The molecule has 1 aliphatic rings. The van der Waals surface area contributed by atoms with Gasteiger partial charge < -0.3 is 10.1 Å². The number of ether oxygens (including phenoxy) is 1. The van der Waals surface area contributed by atoms with E-state index >= 15 is 0 Å². The molecule has 1 heterocycles. The molecule has 0 saturated carbocycles. The fourth-order valence-electron chi connectivity index (χ4n) is 2.57. The minimum Gasteiger partial charge on any atom is -0.452 e. The summed E-state index contributed by atoms with van der Waals surface area (Å²) in [5.74, 6) is -1.35. The second kappa shape index (κ2) is 8.49. The van der Waals surface area contributed by atoms with Crippen molar-refractivity contribution in [2.24, 2.45) is 0 Å². The van der Waals surface area contributed by atoms with Gasteiger partial charge in [-0.15, -0.1) is 0 Å². The summed E-state index contributed by atoms with van der Waals surface area (Å²) in [4.78, 5) is 36.5. The first kappa shape index (κ1) is 20.8. The maximum absolute atomic E-state index is 12.4. The Morgan fingerprint density at radius 2 is 2.04 bits per heavy atom. The van der Waals surface area contributed by atoms with E-state index in [1.54, 1.807) is 26.0 Å². The number of amides is 3. The Morgan fingerprint density at radius 3 is 2.67 bits per heavy atom. The van der Waals surface area contributed by atoms with Gasteiger partial charge in [-0.05, 0) is 38.0 Å². The summed E-state index contributed by atoms with van der Waals surface area (Å²) < 4.78 is 32.1. The molecule has 1 aliphatic heterocycles. The van der Waals surface area contributed by atoms with E-state index in [0.29, 0.717) is 12.1 Å². The zero-order valence-electron chi connectivity index (χ0n) is 15.4. The summed E-state index contributed by atoms with van der Waals surface area (Å²) in [7, 11) is -3.76. The van der Waals surface area contributed by atoms with E-state index in [0.717, 1.165) is 10.5 Å². The van der Waals surface area contributed by atoms with Crippen molar-refractivity contribution in [3.63, 3.8) is 0 Å². The van der Waals surface area contributed by atoms with Gasteiger partial charge >= 0.3 is 12.0 Å². The summed E-state index contributed by atoms with van der Waals surface area (Å²) in [5, 5.41) is 2.48. The van der Waals surface area contributed by atoms with Crippen LogP contribution in [0, 0.1) is 13.8 Å². The Bertz CT molecular complexity index is 852. The van der Waals surface area contributed by atoms with Crippen LogP contribution in [0.1, 0.15) is 24.5 Å². The molecule has 0 unspecified atom stereocenters. The van der Waals surface area contributed by atoms with Gasteiger partial charge in [-0.1, -0.05) is 12.1 Å². The highest BCUT2D eigenvalue weighted by Crippen LogP contribution is 2.16. The van der Waals surface area contributed by atoms with E-state index in [9.17, 15) is 22.8 Å². The predicted octanol–water partition coefficient (Wildman–Crippen LogP) is 0.455. The number of sulfonamides is 1. The number of nitrogens with one attached hydrogen (secondary N) is 2. The van der Waals surface area contributed by atoms with Gasteiger partial charge in [-0.3, -0.25) is 14.5 Å². The second-order valence-corrected chi connectivity index (χ2v) is 8.01. The minimum absolute atomic E-state index is 0.152. The van der Waals surface area contributed by atoms with Gasteiger partial charge in [0.2, 0.25) is 10.0 Å². The van der Waals surface area contributed by atoms with E-state index in [2.05, 4.69) is 10.0 Å². The lowest BCUT2D eigenvalue weighted by atomic mass is 10.2. The van der Waals surface area contributed by atoms with Crippen molar-refractivity contribution >= 4 is 27.9 Å². The molecule has 1 aromatic carbocycles. The van der Waals surface area contributed by atoms with Gasteiger partial charge in [0, 0.05) is 19.6 Å². The molecule has 0 aliphatic carbocycles. The molecule has 148 valence electrons. The molecule has 1 fully saturated rings. The number of imide groups is 1. The predicted molar refractivity (Wildman–Crippen MR) is 96.4 cm³/mol. The molecular formula is C17H23N3O6S. The SMILES string of the molecule is Cc1ccc(C)c(S(=O)(=O)NCCC(=O)O[C@H](C)C(=O)N2CCNC2=O)c1. The Balaban J connectivity index is 1.85. The van der Waals surface area contributed by atoms with E-state index in [1.807, 2.05) is 6.07 Å². The molecule has 0 radical (unpaired) electrons. The van der Waals surface area contributed by atoms with Gasteiger partial charge in [0.25, 0.3) is 5.91 Å². The number of hydrogen-bond donors (Lipinski definition) is 2. The molecule has 3 amide bonds. The molecule has 1 atom stereocenters. The average Bonchev–Trinajstić information content (AvgIpc) is 3.01. The first-order valence-corrected chi connectivity index (χ1v) is 9.96. The van der Waals surface area contributed by atoms with Crippen molar-refractivity contribution < 1.29 is 27.5 Å². The van der Waals surface area contributed by atoms with Crippen LogP contribution in [-0.2, 0) is 24.3 Å². The van der Waals surface area contributed by atoms with E-state index in [-0.39, 0.29) is 24.4 Å². The maximum Gasteiger partial charge on any atom is 0.324 e. The summed E-state index contributed by atoms with van der Waals surface area (Å²) in [5.41, 5.74) is 1.40. The number of benzene rings is 1. The summed E-state index contributed by atoms with van der Waals surface area (Å²) in [6, 6.07) is 4.55. The van der Waals surface area contributed by atoms with Gasteiger partial charge in [0.1, 0.15) is 0 Å². The van der Waals surface area contributed by atoms with Crippen molar-refractivity contribution in [1.29, 1.82) is 0 Å². The third kappa shape index (κ3) is 5.27. The third-order valence-corrected chi connectivity index (χ3v) is 5.64. The van der Waals surface area contributed by atoms with Gasteiger partial charge in [-0.25, -0.2) is 17.9 Å². The zero-order chi connectivity index (χ0) is 20.2. The Morgan fingerprint density at radius 1 is 1.33 bits per heavy atom. The number of esters is 1. The van der Waals surface area contributed by atoms with Crippen LogP contribution in [0.15, 0.2) is 23.1 Å². The van der Waals surface area contributed by atoms with E-state index < -0.39 is 34.0 Å². The van der Waals surface area contributed by atoms with Crippen LogP contribution in [0.4, 0.5) is 4.79 Å². The summed E-state index contributed by atoms with van der Waals surface area (Å²) >= 11 is 0. The minimum atomic E-state index is -3.76. The largest absolute Gasteiger partial charge is 0.452 e. The Kier molecular flexibility index (Phi) is 6.55. The molecule has 0 aromatic heterocycles. The topological polar surface area (TPSA) is 122 Å². The Hall–Kier alpha value is -2.46. The highest BCUT2D eigenvalue weighted by molar-refractivity contribution is 7.89. The molecule has 1 aromatic rings. The van der Waals surface area contributed by atoms with E-state index in [1.165, 1.54) is 6.92 Å². The standard InChI is InChI=1S/C17H23N3O6S/c1-11-4-5-12(2)14(10-11)27(24,25)19-7-6-15(21)26-13(3)16(22)20-9-8-18-17(20)23/h4-5,10,13,19H,6-9H2,1-3H3,(H,18,23)/t13-/m1/s1. The zero-order valence-corrected chi connectivity index (χ0v) is 16.3. The fraction of sp³-hybridized carbons (Fsp3) is 0.471. The molecule has 0 spiro atoms. The van der Waals surface area contributed by atoms with Gasteiger partial charge in [0.15, 0.2) is 6.10 Å². The van der Waals surface area contributed by atoms with Crippen molar-refractivity contribution in [2.75, 3.05) is 19.6 Å². The van der Waals surface area contributed by atoms with Crippen molar-refractivity contribution in [3.05, 3.63) is 29.3 Å². The highest BCUT2D eigenvalue weighted by Gasteiger charge is 2.31. The number of nitrogens with zero attached hydrogens (tertiary/aromatic N) is 1. The van der Waals surface area contributed by atoms with Gasteiger partial charge in [-0.2, -0.15) is 0 Å². The van der Waals surface area contributed by atoms with Crippen LogP contribution < -0.4 is 10.0 Å². The van der Waals surface area contributed by atoms with Crippen LogP contribution in [0.25, 0.3) is 0 Å². The average molecular weight is 397 g/mol. The third-order valence-electron chi connectivity index (χ3n) is 4.03. The molecule has 9 nitrogen and oxygen atoms in total. The first-order valence-electron chi connectivity index (χ1n) is 8.47. The first-order chi connectivity index (χ1) is 12.6. The molecule has 27 heavy (non-hydrogen) atoms. The summed E-state index contributed by atoms with van der Waals surface area (Å²) in [6.45, 7) is 5.24. The lowest BCUT2D eigenvalue weighted by Crippen LogP contribution is -2.42. The summed E-state index contributed by atoms with van der Waals surface area (Å²) in [6.07, 6.45) is -1.37. The number of aryl methyl sites for hydroxylation is 2. The highest BCUT2D eigenvalue weighted by atomic mass is 32.2. The normalized spacial score (nSPS) is 15.4. The molecular weight excluding hydrogens is 374 g/mol. The smallest absolute Gasteiger partial charge is 0.324 e. The second-order valence-electron chi connectivity index (χ2n) is 6.27. The van der Waals surface area contributed by atoms with Crippen molar-refractivity contribution in [3.8, 4) is 0 Å². The van der Waals surface area contributed by atoms with Crippen LogP contribution in [0.5, 0.6) is 0 Å². The van der Waals surface area contributed by atoms with Crippen LogP contribution in [0.2, 0.25) is 0 Å². The van der Waals surface area contributed by atoms with Gasteiger partial charge in [0.05, 0.1) is 11.3 Å². The van der Waals surface area contributed by atoms with Crippen LogP contribution in [-0.4, -0.2) is 57.0 Å². The fourth-order valence-corrected chi connectivity index (χ4v) is 3.93. The van der Waals surface area contributed by atoms with Crippen molar-refractivity contribution in [2.45, 2.75) is 38.2 Å². The lowest BCUT2D eigenvalue weighted by Gasteiger charge is -2.18.